The van der Waals surface area contributed by atoms with Gasteiger partial charge in [0.1, 0.15) is 10.8 Å². The Bertz CT molecular complexity index is 704. The van der Waals surface area contributed by atoms with E-state index in [0.717, 1.165) is 11.3 Å². The standard InChI is InChI=1S/C12H8ClN3OS/c13-10-2-1-8(6-15-10)7-16-4-3-14-12-9(16)5-11(18)17-12/h1-6H,7H2. The van der Waals surface area contributed by atoms with Crippen molar-refractivity contribution in [3.05, 3.63) is 52.2 Å². The molecular weight excluding hydrogens is 270 g/mol. The molecule has 0 radical (unpaired) electrons. The number of hydrogen-bond acceptors (Lipinski definition) is 4. The largest absolute Gasteiger partial charge is 0.425 e. The molecule has 1 aromatic heterocycles. The highest BCUT2D eigenvalue weighted by molar-refractivity contribution is 7.71. The van der Waals surface area contributed by atoms with Crippen LogP contribution in [0.15, 0.2) is 41.2 Å². The topological polar surface area (TPSA) is 43.9 Å². The van der Waals surface area contributed by atoms with Gasteiger partial charge in [-0.2, -0.15) is 0 Å². The van der Waals surface area contributed by atoms with Gasteiger partial charge in [-0.15, -0.1) is 0 Å². The van der Waals surface area contributed by atoms with Crippen LogP contribution in [0.4, 0.5) is 0 Å². The van der Waals surface area contributed by atoms with Gasteiger partial charge in [0.15, 0.2) is 4.71 Å². The van der Waals surface area contributed by atoms with E-state index in [1.165, 1.54) is 0 Å². The van der Waals surface area contributed by atoms with E-state index in [-0.39, 0.29) is 0 Å². The first kappa shape index (κ1) is 11.4. The Morgan fingerprint density at radius 3 is 3.00 bits per heavy atom. The molecule has 0 saturated heterocycles. The van der Waals surface area contributed by atoms with Crippen LogP contribution in [0.25, 0.3) is 11.6 Å². The smallest absolute Gasteiger partial charge is 0.244 e. The molecule has 0 amide bonds. The molecule has 4 nitrogen and oxygen atoms in total. The van der Waals surface area contributed by atoms with Crippen molar-refractivity contribution in [3.8, 4) is 11.6 Å². The van der Waals surface area contributed by atoms with E-state index in [4.69, 9.17) is 28.2 Å². The zero-order valence-electron chi connectivity index (χ0n) is 9.21. The van der Waals surface area contributed by atoms with Gasteiger partial charge in [-0.05, 0) is 23.8 Å². The average Bonchev–Trinajstić information content (AvgIpc) is 2.73. The molecule has 3 heterocycles. The van der Waals surface area contributed by atoms with Crippen molar-refractivity contribution >= 4 is 23.8 Å². The van der Waals surface area contributed by atoms with Crippen molar-refractivity contribution in [2.45, 2.75) is 6.54 Å². The first-order valence-corrected chi connectivity index (χ1v) is 6.06. The minimum Gasteiger partial charge on any atom is -0.425 e. The zero-order chi connectivity index (χ0) is 12.5. The van der Waals surface area contributed by atoms with Crippen molar-refractivity contribution in [1.82, 2.24) is 14.5 Å². The van der Waals surface area contributed by atoms with Crippen LogP contribution in [0.1, 0.15) is 5.56 Å². The molecule has 3 rings (SSSR count). The molecule has 0 aliphatic carbocycles. The number of aromatic nitrogens is 3. The van der Waals surface area contributed by atoms with Crippen molar-refractivity contribution in [3.63, 3.8) is 0 Å². The molecule has 0 aromatic carbocycles. The van der Waals surface area contributed by atoms with Gasteiger partial charge in [0.2, 0.25) is 5.89 Å². The number of rotatable bonds is 2. The molecule has 0 saturated carbocycles. The third-order valence-electron chi connectivity index (χ3n) is 2.56. The molecular formula is C12H8ClN3OS. The second-order valence-electron chi connectivity index (χ2n) is 3.80. The SMILES string of the molecule is S=c1cc2n(Cc3ccc(Cl)nc3)ccnc-2o1. The Balaban J connectivity index is 2.00. The molecule has 2 aliphatic rings. The fraction of sp³-hybridized carbons (Fsp3) is 0.0833. The van der Waals surface area contributed by atoms with Crippen LogP contribution in [0.2, 0.25) is 5.15 Å². The molecule has 18 heavy (non-hydrogen) atoms. The van der Waals surface area contributed by atoms with Crippen LogP contribution in [0.3, 0.4) is 0 Å². The molecule has 0 bridgehead atoms. The predicted octanol–water partition coefficient (Wildman–Crippen LogP) is 3.41. The summed E-state index contributed by atoms with van der Waals surface area (Å²) in [6.45, 7) is 0.664. The first-order chi connectivity index (χ1) is 8.72. The molecule has 0 unspecified atom stereocenters. The fourth-order valence-electron chi connectivity index (χ4n) is 1.74. The molecule has 0 N–H and O–H groups in total. The van der Waals surface area contributed by atoms with Crippen LogP contribution < -0.4 is 0 Å². The molecule has 0 spiro atoms. The summed E-state index contributed by atoms with van der Waals surface area (Å²) in [5.74, 6) is 0.546. The van der Waals surface area contributed by atoms with E-state index >= 15 is 0 Å². The third-order valence-corrected chi connectivity index (χ3v) is 2.99. The van der Waals surface area contributed by atoms with Gasteiger partial charge in [-0.1, -0.05) is 17.7 Å². The Labute approximate surface area is 113 Å². The summed E-state index contributed by atoms with van der Waals surface area (Å²) in [4.78, 5) is 8.18. The van der Waals surface area contributed by atoms with Crippen molar-refractivity contribution < 1.29 is 4.42 Å². The first-order valence-electron chi connectivity index (χ1n) is 5.28. The zero-order valence-corrected chi connectivity index (χ0v) is 10.8. The highest BCUT2D eigenvalue weighted by Gasteiger charge is 2.11. The lowest BCUT2D eigenvalue weighted by Gasteiger charge is -2.09. The van der Waals surface area contributed by atoms with Gasteiger partial charge in [0.05, 0.1) is 0 Å². The van der Waals surface area contributed by atoms with Gasteiger partial charge in [-0.3, -0.25) is 0 Å². The second-order valence-corrected chi connectivity index (χ2v) is 4.59. The Hall–Kier alpha value is -1.72. The predicted molar refractivity (Wildman–Crippen MR) is 70.3 cm³/mol. The normalized spacial score (nSPS) is 10.9. The Kier molecular flexibility index (Phi) is 2.85. The number of halogens is 1. The van der Waals surface area contributed by atoms with E-state index in [2.05, 4.69) is 9.97 Å². The lowest BCUT2D eigenvalue weighted by atomic mass is 10.2. The number of fused-ring (bicyclic) bond motifs is 1. The van der Waals surface area contributed by atoms with Crippen molar-refractivity contribution in [1.29, 1.82) is 0 Å². The van der Waals surface area contributed by atoms with E-state index in [1.807, 2.05) is 16.8 Å². The lowest BCUT2D eigenvalue weighted by Crippen LogP contribution is -2.04. The number of hydrogen-bond donors (Lipinski definition) is 0. The molecule has 1 aromatic rings. The molecule has 0 fully saturated rings. The Morgan fingerprint density at radius 1 is 1.33 bits per heavy atom. The fourth-order valence-corrected chi connectivity index (χ4v) is 2.05. The monoisotopic (exact) mass is 277 g/mol. The van der Waals surface area contributed by atoms with E-state index < -0.39 is 0 Å². The van der Waals surface area contributed by atoms with E-state index in [9.17, 15) is 0 Å². The number of pyridine rings is 1. The highest BCUT2D eigenvalue weighted by Crippen LogP contribution is 2.22. The van der Waals surface area contributed by atoms with Gasteiger partial charge in [0.25, 0.3) is 0 Å². The van der Waals surface area contributed by atoms with Gasteiger partial charge < -0.3 is 8.98 Å². The van der Waals surface area contributed by atoms with Crippen molar-refractivity contribution in [2.75, 3.05) is 0 Å². The summed E-state index contributed by atoms with van der Waals surface area (Å²) in [6, 6.07) is 5.49. The average molecular weight is 278 g/mol. The summed E-state index contributed by atoms with van der Waals surface area (Å²) in [5.41, 5.74) is 1.92. The number of nitrogens with zero attached hydrogens (tertiary/aromatic N) is 3. The van der Waals surface area contributed by atoms with Crippen LogP contribution in [0, 0.1) is 4.71 Å². The van der Waals surface area contributed by atoms with E-state index in [1.54, 1.807) is 24.5 Å². The quantitative estimate of drug-likeness (QED) is 0.532. The molecule has 6 heteroatoms. The lowest BCUT2D eigenvalue weighted by molar-refractivity contribution is 0.545. The van der Waals surface area contributed by atoms with Crippen LogP contribution in [-0.4, -0.2) is 14.5 Å². The van der Waals surface area contributed by atoms with Crippen LogP contribution >= 0.6 is 23.8 Å². The highest BCUT2D eigenvalue weighted by atomic mass is 35.5. The minimum atomic E-state index is 0.437. The maximum Gasteiger partial charge on any atom is 0.244 e. The van der Waals surface area contributed by atoms with Crippen molar-refractivity contribution in [2.24, 2.45) is 0 Å². The minimum absolute atomic E-state index is 0.437. The number of furan rings is 1. The maximum atomic E-state index is 5.76. The van der Waals surface area contributed by atoms with Crippen LogP contribution in [-0.2, 0) is 6.54 Å². The summed E-state index contributed by atoms with van der Waals surface area (Å²) >= 11 is 10.8. The summed E-state index contributed by atoms with van der Waals surface area (Å²) in [6.07, 6.45) is 5.31. The second kappa shape index (κ2) is 4.51. The van der Waals surface area contributed by atoms with Gasteiger partial charge in [-0.25, -0.2) is 9.97 Å². The summed E-state index contributed by atoms with van der Waals surface area (Å²) < 4.78 is 7.75. The maximum absolute atomic E-state index is 5.76. The van der Waals surface area contributed by atoms with Gasteiger partial charge in [0, 0.05) is 31.2 Å². The van der Waals surface area contributed by atoms with Crippen LogP contribution in [0.5, 0.6) is 0 Å². The molecule has 2 aliphatic heterocycles. The van der Waals surface area contributed by atoms with E-state index in [0.29, 0.717) is 22.3 Å². The molecule has 0 atom stereocenters. The Morgan fingerprint density at radius 2 is 2.22 bits per heavy atom. The molecule has 90 valence electrons. The van der Waals surface area contributed by atoms with Gasteiger partial charge >= 0.3 is 0 Å². The third kappa shape index (κ3) is 2.14. The summed E-state index contributed by atoms with van der Waals surface area (Å²) in [5, 5.41) is 0.486. The summed E-state index contributed by atoms with van der Waals surface area (Å²) in [7, 11) is 0.